The van der Waals surface area contributed by atoms with Crippen LogP contribution < -0.4 is 14.8 Å². The van der Waals surface area contributed by atoms with E-state index in [0.29, 0.717) is 13.0 Å². The van der Waals surface area contributed by atoms with Crippen LogP contribution in [0.2, 0.25) is 0 Å². The second-order valence-corrected chi connectivity index (χ2v) is 7.73. The minimum absolute atomic E-state index is 0.106. The van der Waals surface area contributed by atoms with Crippen LogP contribution in [0, 0.1) is 5.92 Å². The van der Waals surface area contributed by atoms with Crippen LogP contribution in [0.4, 0.5) is 0 Å². The number of nitrogens with zero attached hydrogens (tertiary/aromatic N) is 1. The smallest absolute Gasteiger partial charge is 0.227 e. The summed E-state index contributed by atoms with van der Waals surface area (Å²) >= 11 is 0. The number of ether oxygens (including phenoxy) is 2. The van der Waals surface area contributed by atoms with Crippen molar-refractivity contribution in [1.82, 2.24) is 10.2 Å². The molecule has 2 aliphatic heterocycles. The third kappa shape index (κ3) is 4.47. The van der Waals surface area contributed by atoms with Gasteiger partial charge in [-0.25, -0.2) is 0 Å². The van der Waals surface area contributed by atoms with Gasteiger partial charge in [0.05, 0.1) is 13.0 Å². The molecule has 148 valence electrons. The zero-order chi connectivity index (χ0) is 19.3. The molecule has 5 heteroatoms. The van der Waals surface area contributed by atoms with Crippen LogP contribution in [0.5, 0.6) is 11.5 Å². The first kappa shape index (κ1) is 18.8. The number of likely N-dealkylation sites (tertiary alicyclic amines) is 1. The molecule has 1 amide bonds. The summed E-state index contributed by atoms with van der Waals surface area (Å²) in [6, 6.07) is 16.6. The van der Waals surface area contributed by atoms with Gasteiger partial charge in [0, 0.05) is 25.7 Å². The van der Waals surface area contributed by atoms with Gasteiger partial charge in [0.25, 0.3) is 0 Å². The van der Waals surface area contributed by atoms with Gasteiger partial charge in [0.1, 0.15) is 18.1 Å². The number of nitrogens with one attached hydrogen (secondary N) is 1. The summed E-state index contributed by atoms with van der Waals surface area (Å²) in [7, 11) is 1.65. The fraction of sp³-hybridized carbons (Fsp3) is 0.435. The summed E-state index contributed by atoms with van der Waals surface area (Å²) in [6.45, 7) is 3.46. The molecule has 0 aromatic heterocycles. The molecule has 2 aromatic rings. The molecule has 2 aliphatic rings. The molecular weight excluding hydrogens is 352 g/mol. The van der Waals surface area contributed by atoms with Crippen LogP contribution in [0.25, 0.3) is 0 Å². The first-order valence-corrected chi connectivity index (χ1v) is 10.1. The average molecular weight is 380 g/mol. The molecule has 0 unspecified atom stereocenters. The summed E-state index contributed by atoms with van der Waals surface area (Å²) < 4.78 is 11.1. The number of carbonyl (C=O) groups excluding carboxylic acids is 1. The van der Waals surface area contributed by atoms with E-state index in [0.717, 1.165) is 49.5 Å². The summed E-state index contributed by atoms with van der Waals surface area (Å²) in [5, 5.41) is 3.26. The predicted molar refractivity (Wildman–Crippen MR) is 109 cm³/mol. The van der Waals surface area contributed by atoms with E-state index in [9.17, 15) is 4.79 Å². The van der Waals surface area contributed by atoms with Gasteiger partial charge in [0.15, 0.2) is 0 Å². The van der Waals surface area contributed by atoms with Crippen molar-refractivity contribution < 1.29 is 14.3 Å². The normalized spacial score (nSPS) is 20.1. The third-order valence-corrected chi connectivity index (χ3v) is 5.73. The third-order valence-electron chi connectivity index (χ3n) is 5.73. The monoisotopic (exact) mass is 380 g/mol. The minimum Gasteiger partial charge on any atom is -0.497 e. The number of amides is 1. The van der Waals surface area contributed by atoms with Gasteiger partial charge in [-0.05, 0) is 48.6 Å². The first-order chi connectivity index (χ1) is 13.7. The first-order valence-electron chi connectivity index (χ1n) is 10.1. The molecular formula is C23H28N2O3. The van der Waals surface area contributed by atoms with Crippen LogP contribution in [-0.4, -0.2) is 43.7 Å². The lowest BCUT2D eigenvalue weighted by Gasteiger charge is -2.33. The summed E-state index contributed by atoms with van der Waals surface area (Å²) in [4.78, 5) is 15.2. The Hall–Kier alpha value is -2.53. The lowest BCUT2D eigenvalue weighted by Crippen LogP contribution is -2.47. The Kier molecular flexibility index (Phi) is 5.81. The highest BCUT2D eigenvalue weighted by molar-refractivity contribution is 5.80. The zero-order valence-corrected chi connectivity index (χ0v) is 16.4. The predicted octanol–water partition coefficient (Wildman–Crippen LogP) is 3.03. The maximum atomic E-state index is 12.8. The number of hydrogen-bond acceptors (Lipinski definition) is 4. The summed E-state index contributed by atoms with van der Waals surface area (Å²) in [6.07, 6.45) is 2.69. The molecule has 1 N–H and O–H groups in total. The SMILES string of the molecule is COc1ccc2c(c1)C[C@@H](C(=O)NC1CCN(Cc3ccccc3)CC1)CO2. The van der Waals surface area contributed by atoms with Gasteiger partial charge in [0.2, 0.25) is 5.91 Å². The second-order valence-electron chi connectivity index (χ2n) is 7.73. The number of benzene rings is 2. The van der Waals surface area contributed by atoms with Crippen molar-refractivity contribution in [3.8, 4) is 11.5 Å². The molecule has 2 heterocycles. The highest BCUT2D eigenvalue weighted by Crippen LogP contribution is 2.31. The van der Waals surface area contributed by atoms with E-state index >= 15 is 0 Å². The van der Waals surface area contributed by atoms with Crippen molar-refractivity contribution in [2.24, 2.45) is 5.92 Å². The number of methoxy groups -OCH3 is 1. The molecule has 2 aromatic carbocycles. The van der Waals surface area contributed by atoms with Crippen molar-refractivity contribution in [1.29, 1.82) is 0 Å². The van der Waals surface area contributed by atoms with E-state index < -0.39 is 0 Å². The van der Waals surface area contributed by atoms with Crippen molar-refractivity contribution in [2.45, 2.75) is 31.8 Å². The average Bonchev–Trinajstić information content (AvgIpc) is 2.75. The molecule has 0 spiro atoms. The summed E-state index contributed by atoms with van der Waals surface area (Å²) in [5.74, 6) is 1.63. The number of hydrogen-bond donors (Lipinski definition) is 1. The lowest BCUT2D eigenvalue weighted by atomic mass is 9.94. The fourth-order valence-corrected chi connectivity index (χ4v) is 4.06. The molecule has 1 atom stereocenters. The Balaban J connectivity index is 1.27. The molecule has 0 radical (unpaired) electrons. The maximum absolute atomic E-state index is 12.8. The quantitative estimate of drug-likeness (QED) is 0.866. The Bertz CT molecular complexity index is 801. The van der Waals surface area contributed by atoms with E-state index in [1.54, 1.807) is 7.11 Å². The molecule has 1 saturated heterocycles. The van der Waals surface area contributed by atoms with Crippen LogP contribution in [0.3, 0.4) is 0 Å². The second kappa shape index (κ2) is 8.65. The van der Waals surface area contributed by atoms with Crippen LogP contribution >= 0.6 is 0 Å². The van der Waals surface area contributed by atoms with Crippen molar-refractivity contribution in [3.63, 3.8) is 0 Å². The van der Waals surface area contributed by atoms with Crippen LogP contribution in [0.1, 0.15) is 24.0 Å². The molecule has 5 nitrogen and oxygen atoms in total. The van der Waals surface area contributed by atoms with Crippen molar-refractivity contribution in [3.05, 3.63) is 59.7 Å². The van der Waals surface area contributed by atoms with E-state index in [1.165, 1.54) is 5.56 Å². The Labute approximate surface area is 166 Å². The van der Waals surface area contributed by atoms with Gasteiger partial charge < -0.3 is 14.8 Å². The minimum atomic E-state index is -0.137. The molecule has 4 rings (SSSR count). The Morgan fingerprint density at radius 1 is 1.18 bits per heavy atom. The number of rotatable bonds is 5. The fourth-order valence-electron chi connectivity index (χ4n) is 4.06. The van der Waals surface area contributed by atoms with Gasteiger partial charge in [-0.3, -0.25) is 9.69 Å². The van der Waals surface area contributed by atoms with Gasteiger partial charge >= 0.3 is 0 Å². The van der Waals surface area contributed by atoms with E-state index in [4.69, 9.17) is 9.47 Å². The molecule has 28 heavy (non-hydrogen) atoms. The Morgan fingerprint density at radius 3 is 2.71 bits per heavy atom. The summed E-state index contributed by atoms with van der Waals surface area (Å²) in [5.41, 5.74) is 2.39. The van der Waals surface area contributed by atoms with Gasteiger partial charge in [-0.2, -0.15) is 0 Å². The highest BCUT2D eigenvalue weighted by Gasteiger charge is 2.29. The van der Waals surface area contributed by atoms with E-state index in [2.05, 4.69) is 40.5 Å². The van der Waals surface area contributed by atoms with E-state index in [-0.39, 0.29) is 17.9 Å². The van der Waals surface area contributed by atoms with Crippen molar-refractivity contribution >= 4 is 5.91 Å². The largest absolute Gasteiger partial charge is 0.497 e. The van der Waals surface area contributed by atoms with E-state index in [1.807, 2.05) is 18.2 Å². The topological polar surface area (TPSA) is 50.8 Å². The molecule has 1 fully saturated rings. The highest BCUT2D eigenvalue weighted by atomic mass is 16.5. The number of carbonyl (C=O) groups is 1. The maximum Gasteiger partial charge on any atom is 0.227 e. The Morgan fingerprint density at radius 2 is 1.96 bits per heavy atom. The number of piperidine rings is 1. The molecule has 0 aliphatic carbocycles. The van der Waals surface area contributed by atoms with Crippen LogP contribution in [0.15, 0.2) is 48.5 Å². The van der Waals surface area contributed by atoms with Gasteiger partial charge in [-0.15, -0.1) is 0 Å². The number of fused-ring (bicyclic) bond motifs is 1. The van der Waals surface area contributed by atoms with Crippen molar-refractivity contribution in [2.75, 3.05) is 26.8 Å². The zero-order valence-electron chi connectivity index (χ0n) is 16.4. The van der Waals surface area contributed by atoms with Crippen LogP contribution in [-0.2, 0) is 17.8 Å². The lowest BCUT2D eigenvalue weighted by molar-refractivity contribution is -0.127. The van der Waals surface area contributed by atoms with Gasteiger partial charge in [-0.1, -0.05) is 30.3 Å². The standard InChI is InChI=1S/C23H28N2O3/c1-27-21-7-8-22-18(14-21)13-19(16-28-22)23(26)24-20-9-11-25(12-10-20)15-17-5-3-2-4-6-17/h2-8,14,19-20H,9-13,15-16H2,1H3,(H,24,26)/t19-/m1/s1. The molecule has 0 bridgehead atoms. The molecule has 0 saturated carbocycles.